The van der Waals surface area contributed by atoms with Crippen LogP contribution < -0.4 is 16.8 Å². The zero-order valence-electron chi connectivity index (χ0n) is 12.4. The minimum Gasteiger partial charge on any atom is -0.466 e. The molecule has 0 heterocycles. The summed E-state index contributed by atoms with van der Waals surface area (Å²) < 4.78 is 11.8. The molecule has 0 aromatic rings. The van der Waals surface area contributed by atoms with E-state index in [9.17, 15) is 14.4 Å². The standard InChI is InChI=1S/C12H23N3O4/c1-3-4-7-19-10(16)6-5-9(11(14)17)15-12(18)8(2)13/h8-9H,3-7,13H2,1-2H3,(H2,14,17)(H,15,18)/t8-,9-/m0/s1/i/hD. The highest BCUT2D eigenvalue weighted by atomic mass is 16.5. The molecule has 0 saturated carbocycles. The van der Waals surface area contributed by atoms with Crippen LogP contribution in [0, 0.1) is 0 Å². The fourth-order valence-electron chi connectivity index (χ4n) is 1.25. The summed E-state index contributed by atoms with van der Waals surface area (Å²) in [5.41, 5.74) is 7.16. The summed E-state index contributed by atoms with van der Waals surface area (Å²) in [6.45, 7) is 3.80. The molecule has 110 valence electrons. The van der Waals surface area contributed by atoms with Crippen molar-refractivity contribution >= 4 is 17.8 Å². The van der Waals surface area contributed by atoms with Crippen molar-refractivity contribution in [3.8, 4) is 0 Å². The van der Waals surface area contributed by atoms with Gasteiger partial charge in [-0.15, -0.1) is 0 Å². The average molecular weight is 274 g/mol. The number of nitrogens with one attached hydrogen (secondary N) is 1. The molecule has 7 heteroatoms. The highest BCUT2D eigenvalue weighted by Gasteiger charge is 2.21. The van der Waals surface area contributed by atoms with Gasteiger partial charge in [0.1, 0.15) is 7.45 Å². The molecule has 0 saturated heterocycles. The van der Waals surface area contributed by atoms with E-state index in [2.05, 4.69) is 5.32 Å². The van der Waals surface area contributed by atoms with Crippen molar-refractivity contribution in [2.24, 2.45) is 11.5 Å². The molecule has 0 rings (SSSR count). The van der Waals surface area contributed by atoms with Gasteiger partial charge < -0.3 is 21.5 Å². The predicted octanol–water partition coefficient (Wildman–Crippen LogP) is -0.573. The molecule has 0 aromatic carbocycles. The first kappa shape index (κ1) is 15.4. The van der Waals surface area contributed by atoms with Crippen LogP contribution in [0.3, 0.4) is 0 Å². The van der Waals surface area contributed by atoms with Gasteiger partial charge in [-0.3, -0.25) is 14.4 Å². The molecule has 0 aliphatic carbocycles. The van der Waals surface area contributed by atoms with Crippen molar-refractivity contribution in [3.63, 3.8) is 0 Å². The summed E-state index contributed by atoms with van der Waals surface area (Å²) in [5, 5.41) is 2.39. The Morgan fingerprint density at radius 2 is 2.11 bits per heavy atom. The van der Waals surface area contributed by atoms with Crippen molar-refractivity contribution < 1.29 is 20.5 Å². The minimum atomic E-state index is -0.947. The summed E-state index contributed by atoms with van der Waals surface area (Å²) in [5.74, 6) is -1.68. The molecule has 2 atom stereocenters. The van der Waals surface area contributed by atoms with Gasteiger partial charge in [-0.1, -0.05) is 13.3 Å². The molecule has 0 aromatic heterocycles. The van der Waals surface area contributed by atoms with E-state index in [1.807, 2.05) is 12.7 Å². The molecule has 2 amide bonds. The van der Waals surface area contributed by atoms with Crippen LogP contribution in [0.25, 0.3) is 0 Å². The van der Waals surface area contributed by atoms with Crippen molar-refractivity contribution in [2.75, 3.05) is 6.61 Å². The van der Waals surface area contributed by atoms with Gasteiger partial charge in [0, 0.05) is 6.42 Å². The Bertz CT molecular complexity index is 339. The van der Waals surface area contributed by atoms with Crippen LogP contribution >= 0.6 is 0 Å². The van der Waals surface area contributed by atoms with Crippen molar-refractivity contribution in [3.05, 3.63) is 0 Å². The van der Waals surface area contributed by atoms with Gasteiger partial charge in [0.05, 0.1) is 12.6 Å². The Labute approximate surface area is 114 Å². The Morgan fingerprint density at radius 3 is 2.63 bits per heavy atom. The molecule has 0 radical (unpaired) electrons. The first-order valence-electron chi connectivity index (χ1n) is 6.84. The predicted molar refractivity (Wildman–Crippen MR) is 69.9 cm³/mol. The van der Waals surface area contributed by atoms with E-state index in [0.29, 0.717) is 6.61 Å². The third-order valence-electron chi connectivity index (χ3n) is 2.45. The topological polar surface area (TPSA) is 125 Å². The maximum atomic E-state index is 11.5. The molecular formula is C12H23N3O4. The fraction of sp³-hybridized carbons (Fsp3) is 0.750. The summed E-state index contributed by atoms with van der Waals surface area (Å²) in [6.07, 6.45) is 1.79. The molecule has 5 N–H and O–H groups in total. The van der Waals surface area contributed by atoms with Gasteiger partial charge in [-0.25, -0.2) is 0 Å². The molecule has 0 spiro atoms. The van der Waals surface area contributed by atoms with Gasteiger partial charge >= 0.3 is 5.97 Å². The molecule has 0 bridgehead atoms. The third-order valence-corrected chi connectivity index (χ3v) is 2.45. The molecule has 0 fully saturated rings. The quantitative estimate of drug-likeness (QED) is 0.363. The van der Waals surface area contributed by atoms with Crippen molar-refractivity contribution in [1.82, 2.24) is 5.32 Å². The van der Waals surface area contributed by atoms with Crippen LogP contribution in [0.2, 0.25) is 1.41 Å². The second-order valence-electron chi connectivity index (χ2n) is 4.30. The number of hydrogen-bond donors (Lipinski definition) is 3. The Hall–Kier alpha value is -1.63. The molecule has 7 nitrogen and oxygen atoms in total. The van der Waals surface area contributed by atoms with Gasteiger partial charge in [-0.05, 0) is 19.8 Å². The van der Waals surface area contributed by atoms with Crippen molar-refractivity contribution in [2.45, 2.75) is 51.6 Å². The normalized spacial score (nSPS) is 14.1. The maximum Gasteiger partial charge on any atom is 0.305 e. The number of rotatable bonds is 10. The monoisotopic (exact) mass is 274 g/mol. The fourth-order valence-corrected chi connectivity index (χ4v) is 1.25. The number of carbonyl (C=O) groups is 3. The van der Waals surface area contributed by atoms with E-state index in [4.69, 9.17) is 11.9 Å². The molecule has 0 unspecified atom stereocenters. The van der Waals surface area contributed by atoms with Crippen LogP contribution in [0.4, 0.5) is 0 Å². The molecular weight excluding hydrogens is 250 g/mol. The Morgan fingerprint density at radius 1 is 1.42 bits per heavy atom. The smallest absolute Gasteiger partial charge is 0.305 e. The maximum absolute atomic E-state index is 11.5. The number of ether oxygens (including phenoxy) is 1. The van der Waals surface area contributed by atoms with Crippen LogP contribution in [0.1, 0.15) is 39.5 Å². The highest BCUT2D eigenvalue weighted by Crippen LogP contribution is 2.01. The number of amides is 2. The number of unbranched alkanes of at least 4 members (excludes halogenated alkanes) is 1. The number of esters is 1. The first-order valence-corrected chi connectivity index (χ1v) is 6.34. The largest absolute Gasteiger partial charge is 0.466 e. The van der Waals surface area contributed by atoms with Gasteiger partial charge in [0.2, 0.25) is 11.8 Å². The second kappa shape index (κ2) is 9.32. The van der Waals surface area contributed by atoms with Crippen LogP contribution in [-0.4, -0.2) is 36.5 Å². The Balaban J connectivity index is 4.18. The number of hydrogen-bond acceptors (Lipinski definition) is 5. The average Bonchev–Trinajstić information content (AvgIpc) is 2.42. The van der Waals surface area contributed by atoms with Crippen LogP contribution in [-0.2, 0) is 19.1 Å². The lowest BCUT2D eigenvalue weighted by atomic mass is 10.1. The van der Waals surface area contributed by atoms with E-state index >= 15 is 0 Å². The zero-order chi connectivity index (χ0) is 15.5. The van der Waals surface area contributed by atoms with Crippen LogP contribution in [0.5, 0.6) is 0 Å². The van der Waals surface area contributed by atoms with Crippen molar-refractivity contribution in [1.29, 1.82) is 0 Å². The van der Waals surface area contributed by atoms with E-state index in [1.54, 1.807) is 0 Å². The SMILES string of the molecule is [2H]N[C@@H](C)C(=O)N[C@@H](CCC(=O)OCCCC)C(N)=O. The summed E-state index contributed by atoms with van der Waals surface area (Å²) >= 11 is 0. The number of nitrogens with two attached hydrogens (primary N) is 2. The lowest BCUT2D eigenvalue weighted by Gasteiger charge is -2.16. The zero-order valence-corrected chi connectivity index (χ0v) is 11.4. The second-order valence-corrected chi connectivity index (χ2v) is 4.30. The first-order chi connectivity index (χ1) is 9.42. The minimum absolute atomic E-state index is 0.000283. The van der Waals surface area contributed by atoms with Gasteiger partial charge in [-0.2, -0.15) is 0 Å². The lowest BCUT2D eigenvalue weighted by molar-refractivity contribution is -0.144. The highest BCUT2D eigenvalue weighted by molar-refractivity contribution is 5.89. The summed E-state index contributed by atoms with van der Waals surface area (Å²) in [7, 11) is 0. The lowest BCUT2D eigenvalue weighted by Crippen LogP contribution is -2.49. The third kappa shape index (κ3) is 8.15. The van der Waals surface area contributed by atoms with E-state index in [0.717, 1.165) is 12.8 Å². The molecule has 0 aliphatic rings. The van der Waals surface area contributed by atoms with E-state index in [1.165, 1.54) is 6.92 Å². The molecule has 0 aliphatic heterocycles. The summed E-state index contributed by atoms with van der Waals surface area (Å²) in [6, 6.07) is -1.72. The Kier molecular flexibility index (Phi) is 7.57. The van der Waals surface area contributed by atoms with E-state index < -0.39 is 29.9 Å². The number of carbonyl (C=O) groups excluding carboxylic acids is 3. The van der Waals surface area contributed by atoms with Crippen LogP contribution in [0.15, 0.2) is 0 Å². The molecule has 19 heavy (non-hydrogen) atoms. The van der Waals surface area contributed by atoms with E-state index in [-0.39, 0.29) is 12.8 Å². The van der Waals surface area contributed by atoms with Gasteiger partial charge in [0.15, 0.2) is 0 Å². The number of primary amides is 1. The van der Waals surface area contributed by atoms with Gasteiger partial charge in [0.25, 0.3) is 0 Å². The summed E-state index contributed by atoms with van der Waals surface area (Å²) in [4.78, 5) is 34.1.